The molecule has 0 aliphatic carbocycles. The van der Waals surface area contributed by atoms with Crippen molar-refractivity contribution in [3.05, 3.63) is 35.9 Å². The second-order valence-electron chi connectivity index (χ2n) is 3.80. The van der Waals surface area contributed by atoms with Gasteiger partial charge in [-0.1, -0.05) is 0 Å². The van der Waals surface area contributed by atoms with Crippen molar-refractivity contribution >= 4 is 23.1 Å². The first-order valence-corrected chi connectivity index (χ1v) is 5.64. The molecule has 0 radical (unpaired) electrons. The van der Waals surface area contributed by atoms with Gasteiger partial charge in [0.25, 0.3) is 0 Å². The summed E-state index contributed by atoms with van der Waals surface area (Å²) in [5, 5.41) is 0. The van der Waals surface area contributed by atoms with Crippen LogP contribution in [0.3, 0.4) is 0 Å². The first kappa shape index (κ1) is 17.4. The van der Waals surface area contributed by atoms with Gasteiger partial charge in [-0.3, -0.25) is 0 Å². The van der Waals surface area contributed by atoms with Crippen LogP contribution in [0.5, 0.6) is 0 Å². The largest absolute Gasteiger partial charge is 2.00 e. The maximum absolute atomic E-state index is 5.64. The standard InChI is InChI=1S/C13H17O2.BrH.Mg/c1-2-6-12(7-3-1)9-11-15-13-8-4-5-10-14-13;;/h1-3,6,13H,4-5,8-11H2;1H;/q-1;;+2/p-1. The fourth-order valence-electron chi connectivity index (χ4n) is 1.73. The van der Waals surface area contributed by atoms with Crippen LogP contribution in [-0.2, 0) is 15.9 Å². The van der Waals surface area contributed by atoms with Crippen molar-refractivity contribution in [1.82, 2.24) is 0 Å². The Labute approximate surface area is 130 Å². The fraction of sp³-hybridized carbons (Fsp3) is 0.538. The van der Waals surface area contributed by atoms with E-state index in [1.807, 2.05) is 18.2 Å². The summed E-state index contributed by atoms with van der Waals surface area (Å²) in [6.45, 7) is 1.58. The van der Waals surface area contributed by atoms with Gasteiger partial charge in [-0.05, 0) is 25.7 Å². The topological polar surface area (TPSA) is 18.5 Å². The quantitative estimate of drug-likeness (QED) is 0.535. The molecule has 1 aliphatic rings. The Kier molecular flexibility index (Phi) is 10.6. The van der Waals surface area contributed by atoms with Crippen LogP contribution in [0.2, 0.25) is 0 Å². The third kappa shape index (κ3) is 6.77. The van der Waals surface area contributed by atoms with E-state index in [4.69, 9.17) is 9.47 Å². The van der Waals surface area contributed by atoms with E-state index < -0.39 is 0 Å². The molecule has 1 aromatic carbocycles. The van der Waals surface area contributed by atoms with E-state index in [0.29, 0.717) is 0 Å². The van der Waals surface area contributed by atoms with E-state index in [0.717, 1.165) is 26.1 Å². The van der Waals surface area contributed by atoms with Crippen molar-refractivity contribution in [2.24, 2.45) is 0 Å². The van der Waals surface area contributed by atoms with E-state index >= 15 is 0 Å². The second kappa shape index (κ2) is 10.3. The van der Waals surface area contributed by atoms with Crippen molar-refractivity contribution in [3.63, 3.8) is 0 Å². The Morgan fingerprint density at radius 3 is 2.88 bits per heavy atom. The minimum Gasteiger partial charge on any atom is -1.00 e. The molecule has 0 N–H and O–H groups in total. The van der Waals surface area contributed by atoms with Gasteiger partial charge in [0.1, 0.15) is 0 Å². The Bertz CT molecular complexity index is 276. The summed E-state index contributed by atoms with van der Waals surface area (Å²) >= 11 is 0. The first-order valence-electron chi connectivity index (χ1n) is 5.64. The minimum atomic E-state index is 0. The molecule has 1 aliphatic heterocycles. The van der Waals surface area contributed by atoms with Gasteiger partial charge in [0.05, 0.1) is 6.61 Å². The zero-order chi connectivity index (χ0) is 10.3. The molecule has 1 atom stereocenters. The van der Waals surface area contributed by atoms with Crippen LogP contribution < -0.4 is 17.0 Å². The van der Waals surface area contributed by atoms with E-state index in [9.17, 15) is 0 Å². The zero-order valence-electron chi connectivity index (χ0n) is 10.0. The van der Waals surface area contributed by atoms with Gasteiger partial charge < -0.3 is 26.5 Å². The Morgan fingerprint density at radius 1 is 1.35 bits per heavy atom. The number of hydrogen-bond donors (Lipinski definition) is 0. The number of benzene rings is 1. The normalized spacial score (nSPS) is 18.9. The monoisotopic (exact) mass is 308 g/mol. The van der Waals surface area contributed by atoms with Crippen LogP contribution in [0.25, 0.3) is 0 Å². The molecule has 0 bridgehead atoms. The molecule has 1 aromatic rings. The summed E-state index contributed by atoms with van der Waals surface area (Å²) in [4.78, 5) is 0. The number of hydrogen-bond acceptors (Lipinski definition) is 2. The van der Waals surface area contributed by atoms with Gasteiger partial charge in [-0.15, -0.1) is 0 Å². The Hall–Kier alpha value is 0.386. The van der Waals surface area contributed by atoms with Crippen LogP contribution in [0.1, 0.15) is 24.8 Å². The summed E-state index contributed by atoms with van der Waals surface area (Å²) < 4.78 is 11.1. The fourth-order valence-corrected chi connectivity index (χ4v) is 1.73. The van der Waals surface area contributed by atoms with Gasteiger partial charge in [-0.2, -0.15) is 35.9 Å². The summed E-state index contributed by atoms with van der Waals surface area (Å²) in [5.41, 5.74) is 1.20. The van der Waals surface area contributed by atoms with Gasteiger partial charge in [0.15, 0.2) is 6.29 Å². The molecule has 2 nitrogen and oxygen atoms in total. The summed E-state index contributed by atoms with van der Waals surface area (Å²) in [6.07, 6.45) is 4.38. The van der Waals surface area contributed by atoms with Crippen LogP contribution in [0.4, 0.5) is 0 Å². The molecule has 1 unspecified atom stereocenters. The molecule has 1 heterocycles. The van der Waals surface area contributed by atoms with Crippen LogP contribution in [-0.4, -0.2) is 42.6 Å². The second-order valence-corrected chi connectivity index (χ2v) is 3.80. The summed E-state index contributed by atoms with van der Waals surface area (Å²) in [6, 6.07) is 11.2. The predicted molar refractivity (Wildman–Crippen MR) is 64.3 cm³/mol. The molecule has 1 fully saturated rings. The first-order chi connectivity index (χ1) is 7.45. The minimum absolute atomic E-state index is 0. The molecule has 0 spiro atoms. The smallest absolute Gasteiger partial charge is 1.00 e. The van der Waals surface area contributed by atoms with Crippen LogP contribution >= 0.6 is 0 Å². The molecule has 1 saturated heterocycles. The zero-order valence-corrected chi connectivity index (χ0v) is 13.0. The molecular weight excluding hydrogens is 292 g/mol. The molecule has 0 amide bonds. The number of rotatable bonds is 4. The number of ether oxygens (including phenoxy) is 2. The van der Waals surface area contributed by atoms with Gasteiger partial charge in [0.2, 0.25) is 0 Å². The summed E-state index contributed by atoms with van der Waals surface area (Å²) in [7, 11) is 0. The van der Waals surface area contributed by atoms with Gasteiger partial charge >= 0.3 is 23.1 Å². The van der Waals surface area contributed by atoms with Crippen molar-refractivity contribution in [2.75, 3.05) is 13.2 Å². The predicted octanol–water partition coefficient (Wildman–Crippen LogP) is -0.804. The van der Waals surface area contributed by atoms with E-state index in [-0.39, 0.29) is 46.3 Å². The molecule has 0 saturated carbocycles. The van der Waals surface area contributed by atoms with Crippen LogP contribution in [0, 0.1) is 6.07 Å². The maximum Gasteiger partial charge on any atom is 2.00 e. The van der Waals surface area contributed by atoms with Crippen LogP contribution in [0.15, 0.2) is 24.3 Å². The third-order valence-electron chi connectivity index (χ3n) is 2.59. The molecule has 4 heteroatoms. The van der Waals surface area contributed by atoms with Crippen molar-refractivity contribution in [3.8, 4) is 0 Å². The molecular formula is C13H17BrMgO2. The Balaban J connectivity index is 0.00000128. The average molecular weight is 309 g/mol. The van der Waals surface area contributed by atoms with Gasteiger partial charge in [-0.25, -0.2) is 0 Å². The maximum atomic E-state index is 5.64. The van der Waals surface area contributed by atoms with Gasteiger partial charge in [0, 0.05) is 6.61 Å². The molecule has 17 heavy (non-hydrogen) atoms. The third-order valence-corrected chi connectivity index (χ3v) is 2.59. The molecule has 0 aromatic heterocycles. The van der Waals surface area contributed by atoms with E-state index in [2.05, 4.69) is 12.1 Å². The number of halogens is 1. The molecule has 2 rings (SSSR count). The van der Waals surface area contributed by atoms with E-state index in [1.165, 1.54) is 18.4 Å². The Morgan fingerprint density at radius 2 is 2.24 bits per heavy atom. The summed E-state index contributed by atoms with van der Waals surface area (Å²) in [5.74, 6) is 0. The SMILES string of the molecule is [Br-].[Mg+2].[c-]1ccccc1CCOC1CCCCO1. The van der Waals surface area contributed by atoms with Crippen molar-refractivity contribution in [2.45, 2.75) is 32.0 Å². The average Bonchev–Trinajstić information content (AvgIpc) is 2.32. The van der Waals surface area contributed by atoms with E-state index in [1.54, 1.807) is 0 Å². The van der Waals surface area contributed by atoms with Crippen molar-refractivity contribution in [1.29, 1.82) is 0 Å². The van der Waals surface area contributed by atoms with Crippen molar-refractivity contribution < 1.29 is 26.5 Å². The molecule has 90 valence electrons.